The number of hydrogen-bond acceptors (Lipinski definition) is 4. The second-order valence-electron chi connectivity index (χ2n) is 5.87. The highest BCUT2D eigenvalue weighted by Crippen LogP contribution is 2.32. The van der Waals surface area contributed by atoms with E-state index in [0.29, 0.717) is 19.6 Å². The van der Waals surface area contributed by atoms with Crippen LogP contribution in [0.2, 0.25) is 0 Å². The summed E-state index contributed by atoms with van der Waals surface area (Å²) in [5.74, 6) is -0.766. The Balaban J connectivity index is 1.72. The average Bonchev–Trinajstić information content (AvgIpc) is 2.92. The maximum absolute atomic E-state index is 13.1. The molecule has 0 bridgehead atoms. The van der Waals surface area contributed by atoms with Gasteiger partial charge in [-0.1, -0.05) is 12.1 Å². The van der Waals surface area contributed by atoms with Crippen molar-refractivity contribution in [3.63, 3.8) is 0 Å². The first-order chi connectivity index (χ1) is 11.0. The number of hydrogen-bond donors (Lipinski definition) is 1. The monoisotopic (exact) mass is 322 g/mol. The average molecular weight is 322 g/mol. The number of rotatable bonds is 3. The largest absolute Gasteiger partial charge is 0.391 e. The summed E-state index contributed by atoms with van der Waals surface area (Å²) in [6, 6.07) is 5.63. The fourth-order valence-electron chi connectivity index (χ4n) is 3.06. The van der Waals surface area contributed by atoms with Gasteiger partial charge in [0.2, 0.25) is 11.8 Å². The predicted octanol–water partition coefficient (Wildman–Crippen LogP) is 0.319. The van der Waals surface area contributed by atoms with Crippen LogP contribution in [0.3, 0.4) is 0 Å². The number of nitrogens with zero attached hydrogens (tertiary/aromatic N) is 2. The molecule has 2 atom stereocenters. The third kappa shape index (κ3) is 3.51. The van der Waals surface area contributed by atoms with Crippen LogP contribution in [0.4, 0.5) is 4.39 Å². The van der Waals surface area contributed by atoms with Gasteiger partial charge in [-0.3, -0.25) is 9.59 Å². The van der Waals surface area contributed by atoms with E-state index in [1.807, 2.05) is 0 Å². The lowest BCUT2D eigenvalue weighted by Crippen LogP contribution is -2.48. The highest BCUT2D eigenvalue weighted by Gasteiger charge is 2.36. The van der Waals surface area contributed by atoms with Gasteiger partial charge in [-0.2, -0.15) is 0 Å². The summed E-state index contributed by atoms with van der Waals surface area (Å²) in [5, 5.41) is 9.92. The van der Waals surface area contributed by atoms with Crippen LogP contribution in [0.25, 0.3) is 0 Å². The van der Waals surface area contributed by atoms with Crippen LogP contribution in [0.5, 0.6) is 0 Å². The summed E-state index contributed by atoms with van der Waals surface area (Å²) in [7, 11) is 0. The molecule has 2 saturated heterocycles. The van der Waals surface area contributed by atoms with Gasteiger partial charge >= 0.3 is 0 Å². The van der Waals surface area contributed by atoms with Crippen LogP contribution < -0.4 is 0 Å². The van der Waals surface area contributed by atoms with Crippen molar-refractivity contribution in [3.8, 4) is 0 Å². The van der Waals surface area contributed by atoms with Crippen molar-refractivity contribution in [1.82, 2.24) is 9.80 Å². The summed E-state index contributed by atoms with van der Waals surface area (Å²) < 4.78 is 18.1. The highest BCUT2D eigenvalue weighted by atomic mass is 19.1. The van der Waals surface area contributed by atoms with Crippen molar-refractivity contribution in [2.24, 2.45) is 0 Å². The van der Waals surface area contributed by atoms with Crippen LogP contribution in [0, 0.1) is 5.82 Å². The SMILES string of the molecule is O=C1COCCN1CC(=O)N1C[C@@H](O)C[C@@H]1c1ccc(F)cc1. The van der Waals surface area contributed by atoms with E-state index in [9.17, 15) is 19.1 Å². The van der Waals surface area contributed by atoms with Crippen molar-refractivity contribution in [1.29, 1.82) is 0 Å². The standard InChI is InChI=1S/C16H19FN2O4/c17-12-3-1-11(2-4-12)14-7-13(20)8-19(14)15(21)9-18-5-6-23-10-16(18)22/h1-4,13-14,20H,5-10H2/t13-,14+/m0/s1. The van der Waals surface area contributed by atoms with Gasteiger partial charge in [-0.25, -0.2) is 4.39 Å². The Kier molecular flexibility index (Phi) is 4.58. The topological polar surface area (TPSA) is 70.1 Å². The van der Waals surface area contributed by atoms with Gasteiger partial charge in [-0.05, 0) is 24.1 Å². The molecule has 2 aliphatic rings. The summed E-state index contributed by atoms with van der Waals surface area (Å²) in [6.07, 6.45) is -0.205. The van der Waals surface area contributed by atoms with Crippen molar-refractivity contribution in [2.75, 3.05) is 32.8 Å². The fraction of sp³-hybridized carbons (Fsp3) is 0.500. The number of carbonyl (C=O) groups is 2. The van der Waals surface area contributed by atoms with Gasteiger partial charge in [0.25, 0.3) is 0 Å². The molecule has 0 aliphatic carbocycles. The number of aliphatic hydroxyl groups is 1. The minimum absolute atomic E-state index is 0.00268. The maximum Gasteiger partial charge on any atom is 0.249 e. The lowest BCUT2D eigenvalue weighted by Gasteiger charge is -2.30. The molecule has 7 heteroatoms. The van der Waals surface area contributed by atoms with E-state index in [0.717, 1.165) is 5.56 Å². The van der Waals surface area contributed by atoms with Crippen LogP contribution in [-0.2, 0) is 14.3 Å². The molecule has 1 N–H and O–H groups in total. The third-order valence-corrected chi connectivity index (χ3v) is 4.26. The number of morpholine rings is 1. The Bertz CT molecular complexity index is 592. The lowest BCUT2D eigenvalue weighted by atomic mass is 10.0. The Morgan fingerprint density at radius 2 is 2.09 bits per heavy atom. The van der Waals surface area contributed by atoms with Gasteiger partial charge < -0.3 is 19.6 Å². The minimum Gasteiger partial charge on any atom is -0.391 e. The number of benzene rings is 1. The number of ether oxygens (including phenoxy) is 1. The van der Waals surface area contributed by atoms with E-state index < -0.39 is 6.10 Å². The molecular weight excluding hydrogens is 303 g/mol. The summed E-state index contributed by atoms with van der Waals surface area (Å²) in [5.41, 5.74) is 0.782. The zero-order valence-corrected chi connectivity index (χ0v) is 12.7. The molecule has 0 unspecified atom stereocenters. The molecule has 0 aromatic heterocycles. The van der Waals surface area contributed by atoms with Gasteiger partial charge in [0, 0.05) is 13.1 Å². The van der Waals surface area contributed by atoms with Crippen LogP contribution in [0.1, 0.15) is 18.0 Å². The number of halogens is 1. The van der Waals surface area contributed by atoms with Gasteiger partial charge in [0.05, 0.1) is 25.3 Å². The second-order valence-corrected chi connectivity index (χ2v) is 5.87. The molecule has 2 heterocycles. The molecule has 2 fully saturated rings. The Labute approximate surface area is 133 Å². The predicted molar refractivity (Wildman–Crippen MR) is 78.9 cm³/mol. The molecule has 2 amide bonds. The molecule has 124 valence electrons. The van der Waals surface area contributed by atoms with E-state index in [1.54, 1.807) is 17.0 Å². The Morgan fingerprint density at radius 3 is 2.78 bits per heavy atom. The van der Waals surface area contributed by atoms with Gasteiger partial charge in [-0.15, -0.1) is 0 Å². The Hall–Kier alpha value is -1.99. The molecule has 23 heavy (non-hydrogen) atoms. The first kappa shape index (κ1) is 15.9. The first-order valence-electron chi connectivity index (χ1n) is 7.63. The molecule has 0 spiro atoms. The number of aliphatic hydroxyl groups excluding tert-OH is 1. The number of amides is 2. The smallest absolute Gasteiger partial charge is 0.249 e. The quantitative estimate of drug-likeness (QED) is 0.870. The highest BCUT2D eigenvalue weighted by molar-refractivity contribution is 5.86. The minimum atomic E-state index is -0.616. The van der Waals surface area contributed by atoms with Crippen LogP contribution in [-0.4, -0.2) is 65.7 Å². The number of carbonyl (C=O) groups excluding carboxylic acids is 2. The molecule has 3 rings (SSSR count). The maximum atomic E-state index is 13.1. The Morgan fingerprint density at radius 1 is 1.35 bits per heavy atom. The van der Waals surface area contributed by atoms with Crippen molar-refractivity contribution >= 4 is 11.8 Å². The summed E-state index contributed by atoms with van der Waals surface area (Å²) in [6.45, 7) is 1.01. The fourth-order valence-corrected chi connectivity index (χ4v) is 3.06. The van der Waals surface area contributed by atoms with E-state index >= 15 is 0 Å². The van der Waals surface area contributed by atoms with E-state index in [4.69, 9.17) is 4.74 Å². The number of β-amino-alcohol motifs (C(OH)–C–C–N with tert-alkyl or cyclic N) is 1. The third-order valence-electron chi connectivity index (χ3n) is 4.26. The van der Waals surface area contributed by atoms with Crippen LogP contribution in [0.15, 0.2) is 24.3 Å². The number of likely N-dealkylation sites (tertiary alicyclic amines) is 1. The summed E-state index contributed by atoms with van der Waals surface area (Å²) >= 11 is 0. The molecule has 6 nitrogen and oxygen atoms in total. The van der Waals surface area contributed by atoms with Crippen molar-refractivity contribution in [2.45, 2.75) is 18.6 Å². The van der Waals surface area contributed by atoms with Crippen molar-refractivity contribution < 1.29 is 23.8 Å². The molecule has 1 aromatic carbocycles. The zero-order chi connectivity index (χ0) is 16.4. The molecule has 2 aliphatic heterocycles. The van der Waals surface area contributed by atoms with E-state index in [-0.39, 0.29) is 43.4 Å². The normalized spacial score (nSPS) is 25.0. The van der Waals surface area contributed by atoms with Gasteiger partial charge in [0.1, 0.15) is 12.4 Å². The van der Waals surface area contributed by atoms with Crippen LogP contribution >= 0.6 is 0 Å². The van der Waals surface area contributed by atoms with Crippen molar-refractivity contribution in [3.05, 3.63) is 35.6 Å². The molecule has 1 aromatic rings. The summed E-state index contributed by atoms with van der Waals surface area (Å²) in [4.78, 5) is 27.3. The lowest BCUT2D eigenvalue weighted by molar-refractivity contribution is -0.148. The first-order valence-corrected chi connectivity index (χ1v) is 7.63. The van der Waals surface area contributed by atoms with Gasteiger partial charge in [0.15, 0.2) is 0 Å². The zero-order valence-electron chi connectivity index (χ0n) is 12.7. The van der Waals surface area contributed by atoms with E-state index in [2.05, 4.69) is 0 Å². The molecular formula is C16H19FN2O4. The molecule has 0 radical (unpaired) electrons. The second kappa shape index (κ2) is 6.64. The molecule has 0 saturated carbocycles. The van der Waals surface area contributed by atoms with E-state index in [1.165, 1.54) is 17.0 Å².